The zero-order valence-electron chi connectivity index (χ0n) is 10.6. The van der Waals surface area contributed by atoms with Gasteiger partial charge in [0, 0.05) is 0 Å². The minimum atomic E-state index is -1.18. The van der Waals surface area contributed by atoms with E-state index in [0.29, 0.717) is 0 Å². The number of nitrogens with one attached hydrogen (secondary N) is 2. The molecule has 0 aliphatic heterocycles. The van der Waals surface area contributed by atoms with Crippen LogP contribution in [0.1, 0.15) is 17.3 Å². The largest absolute Gasteiger partial charge is 0.450 e. The third-order valence-corrected chi connectivity index (χ3v) is 2.13. The first-order chi connectivity index (χ1) is 9.45. The second kappa shape index (κ2) is 6.88. The number of hydrogen-bond donors (Lipinski definition) is 3. The van der Waals surface area contributed by atoms with E-state index in [1.165, 1.54) is 18.2 Å². The van der Waals surface area contributed by atoms with Crippen molar-refractivity contribution in [2.24, 2.45) is 5.73 Å². The lowest BCUT2D eigenvalue weighted by molar-refractivity contribution is -0.115. The van der Waals surface area contributed by atoms with Gasteiger partial charge in [-0.05, 0) is 19.1 Å². The summed E-state index contributed by atoms with van der Waals surface area (Å²) in [5.74, 6) is -2.19. The van der Waals surface area contributed by atoms with Gasteiger partial charge in [0.15, 0.2) is 0 Å². The molecule has 4 amide bonds. The highest BCUT2D eigenvalue weighted by molar-refractivity contribution is 6.45. The second-order valence-corrected chi connectivity index (χ2v) is 3.54. The standard InChI is InChI=1S/C12H13N3O5/c1-2-20-12(19)14-8-6-4-3-5-7(8)9(16)10(17)15-11(13)18/h3-6H,2H2,1H3,(H,14,19)(H3,13,15,17,18). The lowest BCUT2D eigenvalue weighted by Crippen LogP contribution is -2.39. The quantitative estimate of drug-likeness (QED) is 0.550. The Bertz CT molecular complexity index is 556. The van der Waals surface area contributed by atoms with Crippen molar-refractivity contribution in [3.8, 4) is 0 Å². The molecule has 0 atom stereocenters. The molecule has 0 saturated heterocycles. The molecule has 4 N–H and O–H groups in total. The Labute approximate surface area is 114 Å². The molecule has 0 radical (unpaired) electrons. The van der Waals surface area contributed by atoms with Crippen LogP contribution < -0.4 is 16.4 Å². The third-order valence-electron chi connectivity index (χ3n) is 2.13. The highest BCUT2D eigenvalue weighted by Gasteiger charge is 2.21. The lowest BCUT2D eigenvalue weighted by Gasteiger charge is -2.09. The van der Waals surface area contributed by atoms with Crippen LogP contribution in [0.25, 0.3) is 0 Å². The summed E-state index contributed by atoms with van der Waals surface area (Å²) in [5, 5.41) is 3.98. The monoisotopic (exact) mass is 279 g/mol. The molecular weight excluding hydrogens is 266 g/mol. The number of amides is 4. The average molecular weight is 279 g/mol. The summed E-state index contributed by atoms with van der Waals surface area (Å²) in [6, 6.07) is 4.66. The number of ether oxygens (including phenoxy) is 1. The van der Waals surface area contributed by atoms with Gasteiger partial charge in [0.2, 0.25) is 0 Å². The minimum Gasteiger partial charge on any atom is -0.450 e. The molecule has 0 unspecified atom stereocenters. The van der Waals surface area contributed by atoms with Crippen molar-refractivity contribution < 1.29 is 23.9 Å². The molecule has 1 aromatic carbocycles. The van der Waals surface area contributed by atoms with Gasteiger partial charge in [0.25, 0.3) is 11.7 Å². The Morgan fingerprint density at radius 2 is 1.85 bits per heavy atom. The molecule has 0 bridgehead atoms. The Balaban J connectivity index is 2.95. The molecule has 8 heteroatoms. The average Bonchev–Trinajstić information content (AvgIpc) is 2.38. The second-order valence-electron chi connectivity index (χ2n) is 3.54. The number of ketones is 1. The summed E-state index contributed by atoms with van der Waals surface area (Å²) >= 11 is 0. The van der Waals surface area contributed by atoms with Crippen LogP contribution in [0, 0.1) is 0 Å². The molecule has 0 saturated carbocycles. The van der Waals surface area contributed by atoms with E-state index in [-0.39, 0.29) is 17.9 Å². The molecule has 0 aromatic heterocycles. The molecule has 106 valence electrons. The van der Waals surface area contributed by atoms with Crippen LogP contribution in [-0.4, -0.2) is 30.4 Å². The fourth-order valence-electron chi connectivity index (χ4n) is 1.36. The van der Waals surface area contributed by atoms with Gasteiger partial charge in [-0.25, -0.2) is 9.59 Å². The lowest BCUT2D eigenvalue weighted by atomic mass is 10.1. The summed E-state index contributed by atoms with van der Waals surface area (Å²) in [4.78, 5) is 45.1. The van der Waals surface area contributed by atoms with E-state index < -0.39 is 23.8 Å². The molecule has 0 fully saturated rings. The number of anilines is 1. The van der Waals surface area contributed by atoms with Crippen LogP contribution in [-0.2, 0) is 9.53 Å². The molecule has 0 heterocycles. The van der Waals surface area contributed by atoms with Crippen LogP contribution >= 0.6 is 0 Å². The van der Waals surface area contributed by atoms with Gasteiger partial charge in [0.1, 0.15) is 0 Å². The van der Waals surface area contributed by atoms with Gasteiger partial charge in [-0.1, -0.05) is 12.1 Å². The first-order valence-corrected chi connectivity index (χ1v) is 5.63. The predicted octanol–water partition coefficient (Wildman–Crippen LogP) is 0.633. The molecule has 20 heavy (non-hydrogen) atoms. The number of nitrogens with two attached hydrogens (primary N) is 1. The minimum absolute atomic E-state index is 0.0840. The van der Waals surface area contributed by atoms with E-state index in [1.54, 1.807) is 18.3 Å². The molecule has 1 rings (SSSR count). The first kappa shape index (κ1) is 15.2. The highest BCUT2D eigenvalue weighted by Crippen LogP contribution is 2.16. The van der Waals surface area contributed by atoms with Crippen molar-refractivity contribution >= 4 is 29.5 Å². The van der Waals surface area contributed by atoms with E-state index in [9.17, 15) is 19.2 Å². The summed E-state index contributed by atoms with van der Waals surface area (Å²) in [6.07, 6.45) is -0.761. The van der Waals surface area contributed by atoms with Crippen molar-refractivity contribution in [3.63, 3.8) is 0 Å². The number of imide groups is 1. The molecule has 0 aliphatic rings. The number of para-hydroxylation sites is 1. The van der Waals surface area contributed by atoms with Gasteiger partial charge in [-0.15, -0.1) is 0 Å². The van der Waals surface area contributed by atoms with E-state index >= 15 is 0 Å². The summed E-state index contributed by atoms with van der Waals surface area (Å²) in [5.41, 5.74) is 4.76. The van der Waals surface area contributed by atoms with Crippen LogP contribution in [0.4, 0.5) is 15.3 Å². The molecule has 8 nitrogen and oxygen atoms in total. The van der Waals surface area contributed by atoms with E-state index in [4.69, 9.17) is 5.73 Å². The fraction of sp³-hybridized carbons (Fsp3) is 0.167. The summed E-state index contributed by atoms with van der Waals surface area (Å²) in [6.45, 7) is 1.78. The number of rotatable bonds is 4. The maximum Gasteiger partial charge on any atom is 0.411 e. The third kappa shape index (κ3) is 4.09. The topological polar surface area (TPSA) is 128 Å². The van der Waals surface area contributed by atoms with Gasteiger partial charge in [-0.2, -0.15) is 0 Å². The molecular formula is C12H13N3O5. The number of primary amides is 1. The van der Waals surface area contributed by atoms with Crippen molar-refractivity contribution in [3.05, 3.63) is 29.8 Å². The Morgan fingerprint density at radius 1 is 1.20 bits per heavy atom. The van der Waals surface area contributed by atoms with Crippen LogP contribution in [0.15, 0.2) is 24.3 Å². The van der Waals surface area contributed by atoms with Gasteiger partial charge in [0.05, 0.1) is 17.9 Å². The number of Topliss-reactive ketones (excluding diaryl/α,β-unsaturated/α-hetero) is 1. The maximum absolute atomic E-state index is 11.8. The van der Waals surface area contributed by atoms with Gasteiger partial charge < -0.3 is 10.5 Å². The summed E-state index contributed by atoms with van der Waals surface area (Å²) < 4.78 is 4.67. The Hall–Kier alpha value is -2.90. The van der Waals surface area contributed by atoms with E-state index in [2.05, 4.69) is 10.1 Å². The van der Waals surface area contributed by atoms with Crippen molar-refractivity contribution in [2.45, 2.75) is 6.92 Å². The number of carbonyl (C=O) groups is 4. The fourth-order valence-corrected chi connectivity index (χ4v) is 1.36. The number of urea groups is 1. The smallest absolute Gasteiger partial charge is 0.411 e. The van der Waals surface area contributed by atoms with Crippen LogP contribution in [0.5, 0.6) is 0 Å². The zero-order valence-corrected chi connectivity index (χ0v) is 10.6. The van der Waals surface area contributed by atoms with Gasteiger partial charge in [-0.3, -0.25) is 20.2 Å². The van der Waals surface area contributed by atoms with Crippen LogP contribution in [0.3, 0.4) is 0 Å². The normalized spacial score (nSPS) is 9.45. The summed E-state index contributed by atoms with van der Waals surface area (Å²) in [7, 11) is 0. The number of benzene rings is 1. The van der Waals surface area contributed by atoms with Crippen molar-refractivity contribution in [1.82, 2.24) is 5.32 Å². The molecule has 1 aromatic rings. The molecule has 0 aliphatic carbocycles. The Morgan fingerprint density at radius 3 is 2.45 bits per heavy atom. The number of carbonyl (C=O) groups excluding carboxylic acids is 4. The predicted molar refractivity (Wildman–Crippen MR) is 69.1 cm³/mol. The highest BCUT2D eigenvalue weighted by atomic mass is 16.5. The van der Waals surface area contributed by atoms with Crippen LogP contribution in [0.2, 0.25) is 0 Å². The van der Waals surface area contributed by atoms with E-state index in [0.717, 1.165) is 0 Å². The SMILES string of the molecule is CCOC(=O)Nc1ccccc1C(=O)C(=O)NC(N)=O. The molecule has 0 spiro atoms. The zero-order chi connectivity index (χ0) is 15.1. The van der Waals surface area contributed by atoms with Crippen molar-refractivity contribution in [1.29, 1.82) is 0 Å². The van der Waals surface area contributed by atoms with Crippen molar-refractivity contribution in [2.75, 3.05) is 11.9 Å². The first-order valence-electron chi connectivity index (χ1n) is 5.63. The number of hydrogen-bond acceptors (Lipinski definition) is 5. The Kier molecular flexibility index (Phi) is 5.21. The maximum atomic E-state index is 11.8. The van der Waals surface area contributed by atoms with Gasteiger partial charge >= 0.3 is 12.1 Å². The van der Waals surface area contributed by atoms with E-state index in [1.807, 2.05) is 0 Å².